The van der Waals surface area contributed by atoms with E-state index < -0.39 is 11.6 Å². The molecular formula is C12H17N3O2. The Kier molecular flexibility index (Phi) is 3.73. The SMILES string of the molecule is CC(C)(C)NC(=O)OC(=N)c1cccc(N)c1. The lowest BCUT2D eigenvalue weighted by atomic mass is 10.1. The summed E-state index contributed by atoms with van der Waals surface area (Å²) in [4.78, 5) is 11.4. The molecule has 17 heavy (non-hydrogen) atoms. The Labute approximate surface area is 100 Å². The molecule has 0 saturated heterocycles. The van der Waals surface area contributed by atoms with Crippen molar-refractivity contribution >= 4 is 17.7 Å². The number of carbonyl (C=O) groups is 1. The smallest absolute Gasteiger partial charge is 0.399 e. The third kappa shape index (κ3) is 4.55. The van der Waals surface area contributed by atoms with Gasteiger partial charge in [-0.15, -0.1) is 0 Å². The number of hydrogen-bond donors (Lipinski definition) is 3. The minimum Gasteiger partial charge on any atom is -0.399 e. The molecule has 4 N–H and O–H groups in total. The Hall–Kier alpha value is -2.04. The average molecular weight is 235 g/mol. The second-order valence-electron chi connectivity index (χ2n) is 4.72. The molecule has 0 heterocycles. The summed E-state index contributed by atoms with van der Waals surface area (Å²) < 4.78 is 4.85. The minimum atomic E-state index is -0.648. The highest BCUT2D eigenvalue weighted by atomic mass is 16.6. The summed E-state index contributed by atoms with van der Waals surface area (Å²) >= 11 is 0. The van der Waals surface area contributed by atoms with Gasteiger partial charge in [-0.1, -0.05) is 6.07 Å². The van der Waals surface area contributed by atoms with Crippen LogP contribution < -0.4 is 11.1 Å². The molecule has 0 unspecified atom stereocenters. The molecule has 5 heteroatoms. The maximum absolute atomic E-state index is 11.4. The van der Waals surface area contributed by atoms with Crippen molar-refractivity contribution in [1.29, 1.82) is 5.41 Å². The maximum atomic E-state index is 11.4. The summed E-state index contributed by atoms with van der Waals surface area (Å²) in [7, 11) is 0. The fraction of sp³-hybridized carbons (Fsp3) is 0.333. The van der Waals surface area contributed by atoms with Crippen LogP contribution in [0.2, 0.25) is 0 Å². The number of alkyl carbamates (subject to hydrolysis) is 1. The number of anilines is 1. The Balaban J connectivity index is 2.64. The fourth-order valence-corrected chi connectivity index (χ4v) is 1.16. The summed E-state index contributed by atoms with van der Waals surface area (Å²) in [6, 6.07) is 6.63. The van der Waals surface area contributed by atoms with E-state index in [1.54, 1.807) is 24.3 Å². The van der Waals surface area contributed by atoms with Crippen LogP contribution in [0.5, 0.6) is 0 Å². The quantitative estimate of drug-likeness (QED) is 0.396. The van der Waals surface area contributed by atoms with Crippen molar-refractivity contribution in [3.05, 3.63) is 29.8 Å². The first-order chi connectivity index (χ1) is 7.78. The highest BCUT2D eigenvalue weighted by molar-refractivity contribution is 5.98. The van der Waals surface area contributed by atoms with E-state index >= 15 is 0 Å². The van der Waals surface area contributed by atoms with Crippen LogP contribution in [0.4, 0.5) is 10.5 Å². The number of nitrogen functional groups attached to an aromatic ring is 1. The monoisotopic (exact) mass is 235 g/mol. The first-order valence-corrected chi connectivity index (χ1v) is 5.22. The van der Waals surface area contributed by atoms with Crippen LogP contribution in [0.25, 0.3) is 0 Å². The number of nitrogens with one attached hydrogen (secondary N) is 2. The van der Waals surface area contributed by atoms with E-state index in [4.69, 9.17) is 15.9 Å². The largest absolute Gasteiger partial charge is 0.414 e. The first kappa shape index (κ1) is 13.0. The Morgan fingerprint density at radius 1 is 1.41 bits per heavy atom. The van der Waals surface area contributed by atoms with Gasteiger partial charge in [0.2, 0.25) is 5.90 Å². The number of nitrogens with two attached hydrogens (primary N) is 1. The summed E-state index contributed by atoms with van der Waals surface area (Å²) in [6.07, 6.45) is -0.648. The third-order valence-electron chi connectivity index (χ3n) is 1.82. The molecule has 0 aliphatic rings. The Morgan fingerprint density at radius 2 is 2.06 bits per heavy atom. The van der Waals surface area contributed by atoms with Gasteiger partial charge in [-0.3, -0.25) is 5.41 Å². The van der Waals surface area contributed by atoms with Crippen molar-refractivity contribution in [2.75, 3.05) is 5.73 Å². The van der Waals surface area contributed by atoms with Crippen LogP contribution in [0.15, 0.2) is 24.3 Å². The van der Waals surface area contributed by atoms with Crippen molar-refractivity contribution in [2.24, 2.45) is 0 Å². The molecule has 92 valence electrons. The molecule has 5 nitrogen and oxygen atoms in total. The fourth-order valence-electron chi connectivity index (χ4n) is 1.16. The molecule has 0 radical (unpaired) electrons. The molecule has 1 aromatic rings. The normalized spacial score (nSPS) is 10.8. The standard InChI is InChI=1S/C12H17N3O2/c1-12(2,3)15-11(16)17-10(14)8-5-4-6-9(13)7-8/h4-7,14H,13H2,1-3H3,(H,15,16). The number of amides is 1. The van der Waals surface area contributed by atoms with E-state index in [-0.39, 0.29) is 5.90 Å². The molecule has 1 aromatic carbocycles. The summed E-state index contributed by atoms with van der Waals surface area (Å²) in [5.41, 5.74) is 6.17. The van der Waals surface area contributed by atoms with Crippen LogP contribution in [0.3, 0.4) is 0 Å². The van der Waals surface area contributed by atoms with Gasteiger partial charge in [0.05, 0.1) is 0 Å². The van der Waals surface area contributed by atoms with Crippen LogP contribution >= 0.6 is 0 Å². The number of hydrogen-bond acceptors (Lipinski definition) is 4. The molecule has 0 atom stereocenters. The lowest BCUT2D eigenvalue weighted by Crippen LogP contribution is -2.41. The van der Waals surface area contributed by atoms with Crippen molar-refractivity contribution < 1.29 is 9.53 Å². The van der Waals surface area contributed by atoms with E-state index in [1.807, 2.05) is 20.8 Å². The van der Waals surface area contributed by atoms with Gasteiger partial charge < -0.3 is 15.8 Å². The lowest BCUT2D eigenvalue weighted by Gasteiger charge is -2.19. The number of benzene rings is 1. The number of carbonyl (C=O) groups excluding carboxylic acids is 1. The second-order valence-corrected chi connectivity index (χ2v) is 4.72. The molecule has 1 rings (SSSR count). The highest BCUT2D eigenvalue weighted by Gasteiger charge is 2.16. The van der Waals surface area contributed by atoms with Crippen LogP contribution in [0, 0.1) is 5.41 Å². The van der Waals surface area contributed by atoms with Crippen molar-refractivity contribution in [2.45, 2.75) is 26.3 Å². The van der Waals surface area contributed by atoms with Crippen molar-refractivity contribution in [3.8, 4) is 0 Å². The van der Waals surface area contributed by atoms with Crippen LogP contribution in [-0.2, 0) is 4.74 Å². The van der Waals surface area contributed by atoms with Gasteiger partial charge in [0.1, 0.15) is 0 Å². The molecule has 0 aliphatic heterocycles. The Bertz CT molecular complexity index is 436. The van der Waals surface area contributed by atoms with Crippen LogP contribution in [-0.4, -0.2) is 17.5 Å². The summed E-state index contributed by atoms with van der Waals surface area (Å²) in [5, 5.41) is 10.2. The molecule has 0 spiro atoms. The van der Waals surface area contributed by atoms with E-state index in [0.717, 1.165) is 0 Å². The highest BCUT2D eigenvalue weighted by Crippen LogP contribution is 2.08. The van der Waals surface area contributed by atoms with Gasteiger partial charge >= 0.3 is 6.09 Å². The predicted octanol–water partition coefficient (Wildman–Crippen LogP) is 2.12. The van der Waals surface area contributed by atoms with Crippen molar-refractivity contribution in [3.63, 3.8) is 0 Å². The number of ether oxygens (including phenoxy) is 1. The van der Waals surface area contributed by atoms with E-state index in [2.05, 4.69) is 5.32 Å². The van der Waals surface area contributed by atoms with E-state index in [9.17, 15) is 4.79 Å². The summed E-state index contributed by atoms with van der Waals surface area (Å²) in [5.74, 6) is -0.223. The molecular weight excluding hydrogens is 218 g/mol. The van der Waals surface area contributed by atoms with Gasteiger partial charge in [0.15, 0.2) is 0 Å². The Morgan fingerprint density at radius 3 is 2.59 bits per heavy atom. The van der Waals surface area contributed by atoms with Gasteiger partial charge in [-0.2, -0.15) is 0 Å². The zero-order chi connectivity index (χ0) is 13.1. The first-order valence-electron chi connectivity index (χ1n) is 5.22. The minimum absolute atomic E-state index is 0.223. The van der Waals surface area contributed by atoms with Crippen LogP contribution in [0.1, 0.15) is 26.3 Å². The molecule has 0 fully saturated rings. The molecule has 0 aliphatic carbocycles. The molecule has 0 aromatic heterocycles. The number of rotatable bonds is 1. The van der Waals surface area contributed by atoms with Crippen molar-refractivity contribution in [1.82, 2.24) is 5.32 Å². The maximum Gasteiger partial charge on any atom is 0.414 e. The third-order valence-corrected chi connectivity index (χ3v) is 1.82. The van der Waals surface area contributed by atoms with Gasteiger partial charge in [0, 0.05) is 16.8 Å². The predicted molar refractivity (Wildman–Crippen MR) is 67.1 cm³/mol. The zero-order valence-corrected chi connectivity index (χ0v) is 10.2. The zero-order valence-electron chi connectivity index (χ0n) is 10.2. The average Bonchev–Trinajstić information content (AvgIpc) is 2.14. The van der Waals surface area contributed by atoms with Gasteiger partial charge in [-0.25, -0.2) is 4.79 Å². The van der Waals surface area contributed by atoms with Gasteiger partial charge in [-0.05, 0) is 39.0 Å². The molecule has 0 bridgehead atoms. The molecule has 0 saturated carbocycles. The molecule has 1 amide bonds. The van der Waals surface area contributed by atoms with E-state index in [1.165, 1.54) is 0 Å². The lowest BCUT2D eigenvalue weighted by molar-refractivity contribution is 0.187. The summed E-state index contributed by atoms with van der Waals surface area (Å²) in [6.45, 7) is 5.50. The van der Waals surface area contributed by atoms with E-state index in [0.29, 0.717) is 11.3 Å². The van der Waals surface area contributed by atoms with Gasteiger partial charge in [0.25, 0.3) is 0 Å². The topological polar surface area (TPSA) is 88.2 Å². The second kappa shape index (κ2) is 4.86.